The fourth-order valence-electron chi connectivity index (χ4n) is 4.04. The molecule has 0 heterocycles. The molecule has 3 rings (SSSR count). The number of nitrogens with zero attached hydrogens (tertiary/aromatic N) is 1. The molecule has 6 heteroatoms. The van der Waals surface area contributed by atoms with Gasteiger partial charge in [-0.15, -0.1) is 0 Å². The van der Waals surface area contributed by atoms with Gasteiger partial charge in [-0.3, -0.25) is 4.79 Å². The molecule has 0 spiro atoms. The van der Waals surface area contributed by atoms with Crippen LogP contribution in [0.4, 0.5) is 0 Å². The van der Waals surface area contributed by atoms with Crippen molar-refractivity contribution in [3.8, 4) is 17.6 Å². The molecule has 1 aromatic rings. The van der Waals surface area contributed by atoms with Crippen LogP contribution in [-0.2, 0) is 4.79 Å². The number of rotatable bonds is 5. The summed E-state index contributed by atoms with van der Waals surface area (Å²) >= 11 is 0. The van der Waals surface area contributed by atoms with Crippen LogP contribution in [0, 0.1) is 16.7 Å². The molecule has 1 N–H and O–H groups in total. The number of methoxy groups -OCH3 is 1. The molecule has 2 fully saturated rings. The molecular weight excluding hydrogens is 325 g/mol. The molecule has 0 atom stereocenters. The number of carboxylic acids is 1. The van der Waals surface area contributed by atoms with Crippen LogP contribution in [0.3, 0.4) is 0 Å². The minimum atomic E-state index is -1.22. The molecule has 0 aliphatic heterocycles. The molecule has 0 amide bonds. The number of hydrogen-bond acceptors (Lipinski definition) is 4. The van der Waals surface area contributed by atoms with Gasteiger partial charge in [0.05, 0.1) is 19.3 Å². The van der Waals surface area contributed by atoms with Crippen LogP contribution in [0.25, 0.3) is 0 Å². The average Bonchev–Trinajstić information content (AvgIpc) is 3.14. The van der Waals surface area contributed by atoms with E-state index < -0.39 is 11.4 Å². The van der Waals surface area contributed by atoms with E-state index >= 15 is 0 Å². The standard InChI is InChI=1S/C20H25NO4.Li.H/c1-24-17-7-6-15(12-18(17)25-16-4-2-3-5-16)14-8-10-20(13-21,11-9-14)19(22)23;;/h6-7,12,14,16H,2-5,8-11H2,1H3,(H,22,23);;/q;+1;-1. The quantitative estimate of drug-likeness (QED) is 0.811. The SMILES string of the molecule is COc1ccc(C2CCC(C#N)(C(=O)O)CC2)cc1OC1CCCC1.[H-].[Li+]. The molecule has 0 bridgehead atoms. The largest absolute Gasteiger partial charge is 1.00 e. The van der Waals surface area contributed by atoms with Gasteiger partial charge in [-0.1, -0.05) is 6.07 Å². The minimum absolute atomic E-state index is 0. The second-order valence-electron chi connectivity index (χ2n) is 7.21. The third kappa shape index (κ3) is 4.19. The topological polar surface area (TPSA) is 79.5 Å². The normalized spacial score (nSPS) is 25.8. The number of carboxylic acid groups (broad SMARTS) is 1. The summed E-state index contributed by atoms with van der Waals surface area (Å²) < 4.78 is 11.6. The zero-order valence-corrected chi connectivity index (χ0v) is 15.7. The first-order valence-corrected chi connectivity index (χ1v) is 9.07. The van der Waals surface area contributed by atoms with Gasteiger partial charge < -0.3 is 16.0 Å². The molecule has 26 heavy (non-hydrogen) atoms. The summed E-state index contributed by atoms with van der Waals surface area (Å²) in [6, 6.07) is 8.03. The van der Waals surface area contributed by atoms with Crippen molar-refractivity contribution in [2.45, 2.75) is 63.4 Å². The van der Waals surface area contributed by atoms with Crippen molar-refractivity contribution in [3.63, 3.8) is 0 Å². The van der Waals surface area contributed by atoms with E-state index in [1.807, 2.05) is 24.3 Å². The molecule has 0 saturated heterocycles. The second-order valence-corrected chi connectivity index (χ2v) is 7.21. The second kappa shape index (κ2) is 8.85. The first-order valence-electron chi connectivity index (χ1n) is 9.07. The molecule has 136 valence electrons. The summed E-state index contributed by atoms with van der Waals surface area (Å²) in [7, 11) is 1.64. The van der Waals surface area contributed by atoms with Gasteiger partial charge in [0.2, 0.25) is 0 Å². The van der Waals surface area contributed by atoms with E-state index in [1.165, 1.54) is 12.8 Å². The third-order valence-electron chi connectivity index (χ3n) is 5.72. The van der Waals surface area contributed by atoms with Crippen LogP contribution in [0.1, 0.15) is 64.3 Å². The van der Waals surface area contributed by atoms with E-state index in [1.54, 1.807) is 7.11 Å². The Morgan fingerprint density at radius 2 is 1.88 bits per heavy atom. The van der Waals surface area contributed by atoms with E-state index in [0.29, 0.717) is 25.7 Å². The summed E-state index contributed by atoms with van der Waals surface area (Å²) in [6.45, 7) is 0. The summed E-state index contributed by atoms with van der Waals surface area (Å²) in [5.41, 5.74) is -0.0719. The van der Waals surface area contributed by atoms with Crippen molar-refractivity contribution in [2.24, 2.45) is 5.41 Å². The fourth-order valence-corrected chi connectivity index (χ4v) is 4.04. The predicted molar refractivity (Wildman–Crippen MR) is 93.9 cm³/mol. The van der Waals surface area contributed by atoms with Crippen molar-refractivity contribution in [1.82, 2.24) is 0 Å². The maximum atomic E-state index is 11.4. The fraction of sp³-hybridized carbons (Fsp3) is 0.600. The van der Waals surface area contributed by atoms with Gasteiger partial charge >= 0.3 is 24.8 Å². The summed E-state index contributed by atoms with van der Waals surface area (Å²) in [5.74, 6) is 0.789. The van der Waals surface area contributed by atoms with Crippen molar-refractivity contribution in [1.29, 1.82) is 5.26 Å². The summed E-state index contributed by atoms with van der Waals surface area (Å²) in [5, 5.41) is 18.6. The molecule has 0 radical (unpaired) electrons. The van der Waals surface area contributed by atoms with Crippen LogP contribution in [0.5, 0.6) is 11.5 Å². The number of benzene rings is 1. The molecule has 1 aromatic carbocycles. The molecule has 5 nitrogen and oxygen atoms in total. The predicted octanol–water partition coefficient (Wildman–Crippen LogP) is 1.39. The van der Waals surface area contributed by atoms with E-state index in [2.05, 4.69) is 0 Å². The van der Waals surface area contributed by atoms with Crippen LogP contribution >= 0.6 is 0 Å². The van der Waals surface area contributed by atoms with Crippen LogP contribution in [0.15, 0.2) is 18.2 Å². The Bertz CT molecular complexity index is 677. The van der Waals surface area contributed by atoms with Crippen LogP contribution in [-0.4, -0.2) is 24.3 Å². The number of aliphatic carboxylic acids is 1. The smallest absolute Gasteiger partial charge is 1.00 e. The number of carbonyl (C=O) groups is 1. The summed E-state index contributed by atoms with van der Waals surface area (Å²) in [6.07, 6.45) is 7.04. The number of nitriles is 1. The van der Waals surface area contributed by atoms with Gasteiger partial charge in [-0.2, -0.15) is 5.26 Å². The Hall–Kier alpha value is -1.62. The average molecular weight is 351 g/mol. The summed E-state index contributed by atoms with van der Waals surface area (Å²) in [4.78, 5) is 11.4. The Labute approximate surface area is 168 Å². The molecule has 2 aliphatic carbocycles. The first kappa shape index (κ1) is 20.7. The Morgan fingerprint density at radius 1 is 1.23 bits per heavy atom. The van der Waals surface area contributed by atoms with Gasteiger partial charge in [-0.05, 0) is 75.0 Å². The molecule has 2 aliphatic rings. The Kier molecular flexibility index (Phi) is 7.04. The Morgan fingerprint density at radius 3 is 2.42 bits per heavy atom. The van der Waals surface area contributed by atoms with Gasteiger partial charge in [-0.25, -0.2) is 0 Å². The zero-order chi connectivity index (χ0) is 17.9. The third-order valence-corrected chi connectivity index (χ3v) is 5.72. The minimum Gasteiger partial charge on any atom is -1.00 e. The van der Waals surface area contributed by atoms with E-state index in [4.69, 9.17) is 9.47 Å². The van der Waals surface area contributed by atoms with Gasteiger partial charge in [0.1, 0.15) is 0 Å². The number of ether oxygens (including phenoxy) is 2. The van der Waals surface area contributed by atoms with Gasteiger partial charge in [0.15, 0.2) is 16.9 Å². The molecule has 0 unspecified atom stereocenters. The Balaban J connectivity index is 0.00000182. The van der Waals surface area contributed by atoms with Gasteiger partial charge in [0, 0.05) is 0 Å². The maximum absolute atomic E-state index is 11.4. The first-order chi connectivity index (χ1) is 12.1. The zero-order valence-electron chi connectivity index (χ0n) is 16.7. The maximum Gasteiger partial charge on any atom is 1.00 e. The van der Waals surface area contributed by atoms with Crippen molar-refractivity contribution in [3.05, 3.63) is 23.8 Å². The number of hydrogen-bond donors (Lipinski definition) is 1. The molecule has 0 aromatic heterocycles. The van der Waals surface area contributed by atoms with Crippen LogP contribution in [0.2, 0.25) is 0 Å². The van der Waals surface area contributed by atoms with E-state index in [9.17, 15) is 15.2 Å². The molecule has 2 saturated carbocycles. The molecular formula is C20H26LiNO4. The monoisotopic (exact) mass is 351 g/mol. The van der Waals surface area contributed by atoms with Crippen LogP contribution < -0.4 is 28.3 Å². The van der Waals surface area contributed by atoms with E-state index in [0.717, 1.165) is 29.9 Å². The van der Waals surface area contributed by atoms with Gasteiger partial charge in [0.25, 0.3) is 0 Å². The van der Waals surface area contributed by atoms with E-state index in [-0.39, 0.29) is 32.3 Å². The van der Waals surface area contributed by atoms with Crippen molar-refractivity contribution < 1.29 is 39.7 Å². The van der Waals surface area contributed by atoms with Crippen molar-refractivity contribution >= 4 is 5.97 Å². The van der Waals surface area contributed by atoms with Crippen molar-refractivity contribution in [2.75, 3.05) is 7.11 Å².